The molecule has 0 fully saturated rings. The standard InChI is InChI=1S/C23H24N2O5S/c1-25(31(28,29)20-13-12-17-8-6-7-11-19(17)14-20)16-22(26)24-21(15-23(27)30-2)18-9-4-3-5-10-18/h3-14,21H,15-16H2,1-2H3,(H,24,26). The van der Waals surface area contributed by atoms with Crippen molar-refractivity contribution in [1.82, 2.24) is 9.62 Å². The first-order valence-electron chi connectivity index (χ1n) is 9.67. The average molecular weight is 441 g/mol. The number of esters is 1. The Hall–Kier alpha value is -3.23. The molecule has 0 saturated heterocycles. The molecule has 1 atom stereocenters. The maximum Gasteiger partial charge on any atom is 0.307 e. The van der Waals surface area contributed by atoms with Gasteiger partial charge in [-0.2, -0.15) is 4.31 Å². The Kier molecular flexibility index (Phi) is 7.04. The summed E-state index contributed by atoms with van der Waals surface area (Å²) >= 11 is 0. The summed E-state index contributed by atoms with van der Waals surface area (Å²) in [5.74, 6) is -1.00. The first-order chi connectivity index (χ1) is 14.8. The normalized spacial score (nSPS) is 12.5. The van der Waals surface area contributed by atoms with Gasteiger partial charge in [-0.3, -0.25) is 9.59 Å². The van der Waals surface area contributed by atoms with Gasteiger partial charge in [0.05, 0.1) is 31.0 Å². The zero-order chi connectivity index (χ0) is 22.4. The van der Waals surface area contributed by atoms with Crippen molar-refractivity contribution in [2.45, 2.75) is 17.4 Å². The van der Waals surface area contributed by atoms with Gasteiger partial charge in [-0.1, -0.05) is 60.7 Å². The molecular formula is C23H24N2O5S. The zero-order valence-electron chi connectivity index (χ0n) is 17.3. The molecule has 3 aromatic rings. The highest BCUT2D eigenvalue weighted by molar-refractivity contribution is 7.89. The van der Waals surface area contributed by atoms with Gasteiger partial charge >= 0.3 is 5.97 Å². The number of ether oxygens (including phenoxy) is 1. The van der Waals surface area contributed by atoms with Crippen molar-refractivity contribution in [3.63, 3.8) is 0 Å². The van der Waals surface area contributed by atoms with Crippen LogP contribution in [0.25, 0.3) is 10.8 Å². The van der Waals surface area contributed by atoms with Gasteiger partial charge < -0.3 is 10.1 Å². The number of benzene rings is 3. The fourth-order valence-electron chi connectivity index (χ4n) is 3.22. The fourth-order valence-corrected chi connectivity index (χ4v) is 4.39. The summed E-state index contributed by atoms with van der Waals surface area (Å²) in [4.78, 5) is 24.5. The summed E-state index contributed by atoms with van der Waals surface area (Å²) in [7, 11) is -1.25. The van der Waals surface area contributed by atoms with Gasteiger partial charge in [-0.05, 0) is 28.5 Å². The van der Waals surface area contributed by atoms with Gasteiger partial charge in [-0.25, -0.2) is 8.42 Å². The van der Waals surface area contributed by atoms with Crippen LogP contribution in [-0.2, 0) is 24.3 Å². The average Bonchev–Trinajstić information content (AvgIpc) is 2.78. The van der Waals surface area contributed by atoms with E-state index in [1.165, 1.54) is 20.2 Å². The van der Waals surface area contributed by atoms with E-state index >= 15 is 0 Å². The van der Waals surface area contributed by atoms with E-state index in [2.05, 4.69) is 5.32 Å². The van der Waals surface area contributed by atoms with Gasteiger partial charge in [0.25, 0.3) is 0 Å². The molecule has 162 valence electrons. The lowest BCUT2D eigenvalue weighted by atomic mass is 10.0. The lowest BCUT2D eigenvalue weighted by molar-refractivity contribution is -0.141. The Morgan fingerprint density at radius 1 is 0.968 bits per heavy atom. The number of carbonyl (C=O) groups excluding carboxylic acids is 2. The van der Waals surface area contributed by atoms with Crippen LogP contribution in [0.15, 0.2) is 77.7 Å². The van der Waals surface area contributed by atoms with Crippen LogP contribution in [0, 0.1) is 0 Å². The third-order valence-corrected chi connectivity index (χ3v) is 6.73. The number of fused-ring (bicyclic) bond motifs is 1. The van der Waals surface area contributed by atoms with Crippen molar-refractivity contribution in [3.05, 3.63) is 78.4 Å². The number of likely N-dealkylation sites (N-methyl/N-ethyl adjacent to an activating group) is 1. The van der Waals surface area contributed by atoms with E-state index in [1.807, 2.05) is 30.3 Å². The maximum atomic E-state index is 13.0. The van der Waals surface area contributed by atoms with Gasteiger partial charge in [0.15, 0.2) is 0 Å². The summed E-state index contributed by atoms with van der Waals surface area (Å²) in [6.07, 6.45) is -0.0621. The minimum absolute atomic E-state index is 0.0621. The summed E-state index contributed by atoms with van der Waals surface area (Å²) in [5.41, 5.74) is 0.723. The molecule has 1 N–H and O–H groups in total. The van der Waals surface area contributed by atoms with E-state index in [1.54, 1.807) is 36.4 Å². The summed E-state index contributed by atoms with van der Waals surface area (Å²) in [6.45, 7) is -0.389. The van der Waals surface area contributed by atoms with Gasteiger partial charge in [0.1, 0.15) is 0 Å². The smallest absolute Gasteiger partial charge is 0.307 e. The summed E-state index contributed by atoms with van der Waals surface area (Å²) in [6, 6.07) is 20.6. The highest BCUT2D eigenvalue weighted by Gasteiger charge is 2.25. The second kappa shape index (κ2) is 9.72. The number of hydrogen-bond donors (Lipinski definition) is 1. The largest absolute Gasteiger partial charge is 0.469 e. The number of nitrogens with zero attached hydrogens (tertiary/aromatic N) is 1. The van der Waals surface area contributed by atoms with Crippen LogP contribution in [0.3, 0.4) is 0 Å². The molecule has 0 heterocycles. The van der Waals surface area contributed by atoms with E-state index in [-0.39, 0.29) is 17.9 Å². The molecule has 3 aromatic carbocycles. The molecule has 0 bridgehead atoms. The molecule has 0 radical (unpaired) electrons. The Morgan fingerprint density at radius 2 is 1.61 bits per heavy atom. The third kappa shape index (κ3) is 5.48. The molecule has 0 spiro atoms. The van der Waals surface area contributed by atoms with Gasteiger partial charge in [0.2, 0.25) is 15.9 Å². The second-order valence-electron chi connectivity index (χ2n) is 7.08. The van der Waals surface area contributed by atoms with Gasteiger partial charge in [-0.15, -0.1) is 0 Å². The highest BCUT2D eigenvalue weighted by Crippen LogP contribution is 2.22. The number of carbonyl (C=O) groups is 2. The monoisotopic (exact) mass is 440 g/mol. The summed E-state index contributed by atoms with van der Waals surface area (Å²) < 4.78 is 31.6. The predicted molar refractivity (Wildman–Crippen MR) is 118 cm³/mol. The predicted octanol–water partition coefficient (Wildman–Crippen LogP) is 2.88. The van der Waals surface area contributed by atoms with Crippen LogP contribution in [0.5, 0.6) is 0 Å². The van der Waals surface area contributed by atoms with Crippen LogP contribution in [0.4, 0.5) is 0 Å². The number of amides is 1. The lowest BCUT2D eigenvalue weighted by Crippen LogP contribution is -2.40. The van der Waals surface area contributed by atoms with E-state index in [0.717, 1.165) is 20.6 Å². The van der Waals surface area contributed by atoms with Crippen LogP contribution >= 0.6 is 0 Å². The maximum absolute atomic E-state index is 13.0. The molecule has 1 unspecified atom stereocenters. The van der Waals surface area contributed by atoms with Crippen molar-refractivity contribution >= 4 is 32.7 Å². The quantitative estimate of drug-likeness (QED) is 0.544. The topological polar surface area (TPSA) is 92.8 Å². The first kappa shape index (κ1) is 22.5. The molecule has 0 aromatic heterocycles. The molecule has 0 aliphatic carbocycles. The molecule has 8 heteroatoms. The molecule has 0 aliphatic heterocycles. The van der Waals surface area contributed by atoms with E-state index in [4.69, 9.17) is 4.74 Å². The minimum atomic E-state index is -3.87. The highest BCUT2D eigenvalue weighted by atomic mass is 32.2. The van der Waals surface area contributed by atoms with Crippen LogP contribution < -0.4 is 5.32 Å². The van der Waals surface area contributed by atoms with Crippen molar-refractivity contribution in [2.24, 2.45) is 0 Å². The molecule has 7 nitrogen and oxygen atoms in total. The van der Waals surface area contributed by atoms with Crippen molar-refractivity contribution in [2.75, 3.05) is 20.7 Å². The van der Waals surface area contributed by atoms with Crippen molar-refractivity contribution < 1.29 is 22.7 Å². The van der Waals surface area contributed by atoms with E-state index < -0.39 is 27.9 Å². The molecule has 31 heavy (non-hydrogen) atoms. The van der Waals surface area contributed by atoms with Crippen molar-refractivity contribution in [1.29, 1.82) is 0 Å². The van der Waals surface area contributed by atoms with E-state index in [0.29, 0.717) is 0 Å². The zero-order valence-corrected chi connectivity index (χ0v) is 18.1. The Bertz CT molecular complexity index is 1180. The number of nitrogens with one attached hydrogen (secondary N) is 1. The Balaban J connectivity index is 1.74. The SMILES string of the molecule is COC(=O)CC(NC(=O)CN(C)S(=O)(=O)c1ccc2ccccc2c1)c1ccccc1. The summed E-state index contributed by atoms with van der Waals surface area (Å²) in [5, 5.41) is 4.46. The van der Waals surface area contributed by atoms with Crippen LogP contribution in [-0.4, -0.2) is 45.3 Å². The minimum Gasteiger partial charge on any atom is -0.469 e. The molecule has 3 rings (SSSR count). The Morgan fingerprint density at radius 3 is 2.29 bits per heavy atom. The van der Waals surface area contributed by atoms with Crippen molar-refractivity contribution in [3.8, 4) is 0 Å². The Labute approximate surface area is 181 Å². The fraction of sp³-hybridized carbons (Fsp3) is 0.217. The molecule has 1 amide bonds. The first-order valence-corrected chi connectivity index (χ1v) is 11.1. The molecule has 0 aliphatic rings. The number of hydrogen-bond acceptors (Lipinski definition) is 5. The van der Waals surface area contributed by atoms with Gasteiger partial charge in [0, 0.05) is 7.05 Å². The second-order valence-corrected chi connectivity index (χ2v) is 9.13. The van der Waals surface area contributed by atoms with Crippen LogP contribution in [0.2, 0.25) is 0 Å². The third-order valence-electron chi connectivity index (χ3n) is 4.93. The number of sulfonamides is 1. The molecule has 0 saturated carbocycles. The van der Waals surface area contributed by atoms with Crippen LogP contribution in [0.1, 0.15) is 18.0 Å². The van der Waals surface area contributed by atoms with E-state index in [9.17, 15) is 18.0 Å². The lowest BCUT2D eigenvalue weighted by Gasteiger charge is -2.21. The number of rotatable bonds is 8. The molecular weight excluding hydrogens is 416 g/mol. The number of methoxy groups -OCH3 is 1.